The molecule has 1 aromatic carbocycles. The summed E-state index contributed by atoms with van der Waals surface area (Å²) in [5, 5.41) is 0. The molecule has 0 radical (unpaired) electrons. The minimum Gasteiger partial charge on any atom is -0.240 e. The van der Waals surface area contributed by atoms with E-state index in [1.807, 2.05) is 20.2 Å². The Hall–Kier alpha value is -1.02. The van der Waals surface area contributed by atoms with E-state index >= 15 is 0 Å². The summed E-state index contributed by atoms with van der Waals surface area (Å²) in [6.45, 7) is 2.06. The molecule has 0 aliphatic heterocycles. The van der Waals surface area contributed by atoms with Gasteiger partial charge in [0.1, 0.15) is 14.1 Å². The second kappa shape index (κ2) is 5.66. The van der Waals surface area contributed by atoms with Crippen LogP contribution in [0.15, 0.2) is 46.2 Å². The molecule has 1 aromatic rings. The molecule has 0 fully saturated rings. The fraction of sp³-hybridized carbons (Fsp3) is 0.250. The number of hydrogen-bond donors (Lipinski definition) is 0. The molecule has 0 unspecified atom stereocenters. The summed E-state index contributed by atoms with van der Waals surface area (Å²) in [4.78, 5) is 2.54. The van der Waals surface area contributed by atoms with E-state index in [1.165, 1.54) is 9.80 Å². The van der Waals surface area contributed by atoms with Gasteiger partial charge in [-0.25, -0.2) is 4.58 Å². The Balaban J connectivity index is 2.73. The molecule has 0 saturated carbocycles. The minimum absolute atomic E-state index is 1.27. The quantitative estimate of drug-likeness (QED) is 0.417. The van der Waals surface area contributed by atoms with Crippen LogP contribution in [-0.2, 0) is 0 Å². The summed E-state index contributed by atoms with van der Waals surface area (Å²) in [6, 6.07) is 10.4. The maximum atomic E-state index is 2.12. The van der Waals surface area contributed by atoms with Crippen LogP contribution in [0.1, 0.15) is 6.92 Å². The molecule has 0 saturated heterocycles. The first-order valence-electron chi connectivity index (χ1n) is 4.63. The minimum atomic E-state index is 1.27. The lowest BCUT2D eigenvalue weighted by atomic mass is 10.4. The predicted molar refractivity (Wildman–Crippen MR) is 64.2 cm³/mol. The Bertz CT molecular complexity index is 335. The number of rotatable bonds is 3. The van der Waals surface area contributed by atoms with E-state index in [0.717, 1.165) is 0 Å². The molecule has 0 heterocycles. The standard InChI is InChI=1S/C12H16NS/c1-4-11(10-13(2)3)14-12-8-6-5-7-9-12/h4-10H,1-3H3/q+1/b11-4+. The summed E-state index contributed by atoms with van der Waals surface area (Å²) in [5.41, 5.74) is 0. The Morgan fingerprint density at radius 2 is 1.86 bits per heavy atom. The zero-order chi connectivity index (χ0) is 10.4. The lowest BCUT2D eigenvalue weighted by Gasteiger charge is -1.99. The molecule has 0 aromatic heterocycles. The second-order valence-electron chi connectivity index (χ2n) is 3.20. The van der Waals surface area contributed by atoms with Gasteiger partial charge in [-0.15, -0.1) is 0 Å². The Morgan fingerprint density at radius 1 is 1.21 bits per heavy atom. The van der Waals surface area contributed by atoms with Crippen molar-refractivity contribution >= 4 is 18.0 Å². The van der Waals surface area contributed by atoms with Crippen molar-refractivity contribution in [3.63, 3.8) is 0 Å². The monoisotopic (exact) mass is 206 g/mol. The van der Waals surface area contributed by atoms with Crippen molar-refractivity contribution in [2.24, 2.45) is 0 Å². The average Bonchev–Trinajstić information content (AvgIpc) is 2.17. The highest BCUT2D eigenvalue weighted by atomic mass is 32.2. The van der Waals surface area contributed by atoms with Gasteiger partial charge in [-0.3, -0.25) is 0 Å². The number of thioether (sulfide) groups is 1. The van der Waals surface area contributed by atoms with E-state index in [2.05, 4.69) is 48.1 Å². The Morgan fingerprint density at radius 3 is 2.36 bits per heavy atom. The Kier molecular flexibility index (Phi) is 4.47. The molecule has 14 heavy (non-hydrogen) atoms. The summed E-state index contributed by atoms with van der Waals surface area (Å²) in [7, 11) is 4.07. The summed E-state index contributed by atoms with van der Waals surface area (Å²) in [6.07, 6.45) is 4.25. The molecular formula is C12H16NS+. The fourth-order valence-corrected chi connectivity index (χ4v) is 1.99. The molecule has 74 valence electrons. The highest BCUT2D eigenvalue weighted by Crippen LogP contribution is 2.24. The van der Waals surface area contributed by atoms with Gasteiger partial charge in [0.25, 0.3) is 0 Å². The van der Waals surface area contributed by atoms with Crippen molar-refractivity contribution in [2.75, 3.05) is 14.1 Å². The molecular weight excluding hydrogens is 190 g/mol. The average molecular weight is 206 g/mol. The second-order valence-corrected chi connectivity index (χ2v) is 4.35. The van der Waals surface area contributed by atoms with Crippen LogP contribution >= 0.6 is 11.8 Å². The van der Waals surface area contributed by atoms with Gasteiger partial charge < -0.3 is 0 Å². The third-order valence-corrected chi connectivity index (χ3v) is 2.73. The van der Waals surface area contributed by atoms with Gasteiger partial charge in [-0.1, -0.05) is 36.0 Å². The molecule has 1 nitrogen and oxygen atoms in total. The van der Waals surface area contributed by atoms with Gasteiger partial charge in [-0.05, 0) is 19.1 Å². The highest BCUT2D eigenvalue weighted by molar-refractivity contribution is 8.03. The number of nitrogens with zero attached hydrogens (tertiary/aromatic N) is 1. The third-order valence-electron chi connectivity index (χ3n) is 1.65. The largest absolute Gasteiger partial charge is 0.240 e. The maximum Gasteiger partial charge on any atom is 0.176 e. The molecule has 2 heteroatoms. The SMILES string of the molecule is C/C=C(\C=[N+](C)C)Sc1ccccc1. The maximum absolute atomic E-state index is 2.12. The predicted octanol–water partition coefficient (Wildman–Crippen LogP) is 3.03. The van der Waals surface area contributed by atoms with Crippen LogP contribution in [0.25, 0.3) is 0 Å². The third kappa shape index (κ3) is 3.79. The summed E-state index contributed by atoms with van der Waals surface area (Å²) >= 11 is 1.78. The lowest BCUT2D eigenvalue weighted by molar-refractivity contribution is -0.458. The van der Waals surface area contributed by atoms with Crippen LogP contribution in [0.4, 0.5) is 0 Å². The van der Waals surface area contributed by atoms with Crippen LogP contribution in [0.2, 0.25) is 0 Å². The number of benzene rings is 1. The lowest BCUT2D eigenvalue weighted by Crippen LogP contribution is -1.99. The molecule has 0 aliphatic carbocycles. The van der Waals surface area contributed by atoms with Crippen LogP contribution in [-0.4, -0.2) is 24.9 Å². The van der Waals surface area contributed by atoms with Crippen LogP contribution in [0, 0.1) is 0 Å². The normalized spacial score (nSPS) is 11.2. The topological polar surface area (TPSA) is 3.01 Å². The van der Waals surface area contributed by atoms with Gasteiger partial charge >= 0.3 is 0 Å². The van der Waals surface area contributed by atoms with Crippen LogP contribution < -0.4 is 0 Å². The van der Waals surface area contributed by atoms with Crippen molar-refractivity contribution < 1.29 is 4.58 Å². The first-order valence-corrected chi connectivity index (χ1v) is 5.44. The van der Waals surface area contributed by atoms with E-state index in [0.29, 0.717) is 0 Å². The first kappa shape index (κ1) is 11.1. The number of hydrogen-bond acceptors (Lipinski definition) is 1. The summed E-state index contributed by atoms with van der Waals surface area (Å²) < 4.78 is 2.06. The molecule has 0 aliphatic rings. The first-order chi connectivity index (χ1) is 6.72. The van der Waals surface area contributed by atoms with E-state index < -0.39 is 0 Å². The summed E-state index contributed by atoms with van der Waals surface area (Å²) in [5.74, 6) is 0. The molecule has 0 amide bonds. The highest BCUT2D eigenvalue weighted by Gasteiger charge is 1.99. The molecule has 0 bridgehead atoms. The molecule has 1 rings (SSSR count). The van der Waals surface area contributed by atoms with Crippen LogP contribution in [0.3, 0.4) is 0 Å². The van der Waals surface area contributed by atoms with Gasteiger partial charge in [-0.2, -0.15) is 0 Å². The Labute approximate surface area is 90.2 Å². The molecule has 0 spiro atoms. The van der Waals surface area contributed by atoms with Crippen molar-refractivity contribution in [3.8, 4) is 0 Å². The van der Waals surface area contributed by atoms with Gasteiger partial charge in [0, 0.05) is 4.90 Å². The number of allylic oxidation sites excluding steroid dienone is 2. The van der Waals surface area contributed by atoms with Gasteiger partial charge in [0.15, 0.2) is 6.21 Å². The molecule has 0 atom stereocenters. The smallest absolute Gasteiger partial charge is 0.176 e. The fourth-order valence-electron chi connectivity index (χ4n) is 1.04. The van der Waals surface area contributed by atoms with Crippen molar-refractivity contribution in [2.45, 2.75) is 11.8 Å². The zero-order valence-electron chi connectivity index (χ0n) is 8.90. The van der Waals surface area contributed by atoms with Crippen molar-refractivity contribution in [1.82, 2.24) is 0 Å². The van der Waals surface area contributed by atoms with Crippen LogP contribution in [0.5, 0.6) is 0 Å². The zero-order valence-corrected chi connectivity index (χ0v) is 9.71. The van der Waals surface area contributed by atoms with Gasteiger partial charge in [0.05, 0.1) is 4.91 Å². The van der Waals surface area contributed by atoms with Crippen molar-refractivity contribution in [3.05, 3.63) is 41.3 Å². The van der Waals surface area contributed by atoms with E-state index in [1.54, 1.807) is 11.8 Å². The van der Waals surface area contributed by atoms with E-state index in [-0.39, 0.29) is 0 Å². The van der Waals surface area contributed by atoms with E-state index in [9.17, 15) is 0 Å². The van der Waals surface area contributed by atoms with Gasteiger partial charge in [0.2, 0.25) is 0 Å². The van der Waals surface area contributed by atoms with Crippen molar-refractivity contribution in [1.29, 1.82) is 0 Å². The van der Waals surface area contributed by atoms with E-state index in [4.69, 9.17) is 0 Å². The molecule has 0 N–H and O–H groups in total.